The van der Waals surface area contributed by atoms with Crippen LogP contribution in [0.3, 0.4) is 0 Å². The van der Waals surface area contributed by atoms with E-state index in [0.29, 0.717) is 0 Å². The van der Waals surface area contributed by atoms with Gasteiger partial charge in [-0.2, -0.15) is 0 Å². The first-order valence-electron chi connectivity index (χ1n) is 9.13. The molecular weight excluding hydrogens is 403 g/mol. The van der Waals surface area contributed by atoms with E-state index >= 15 is 0 Å². The number of unbranched alkanes of at least 4 members (excludes halogenated alkanes) is 1. The Morgan fingerprint density at radius 3 is 2.70 bits per heavy atom. The van der Waals surface area contributed by atoms with Crippen molar-refractivity contribution in [2.45, 2.75) is 39.5 Å². The highest BCUT2D eigenvalue weighted by molar-refractivity contribution is 14.0. The summed E-state index contributed by atoms with van der Waals surface area (Å²) in [7, 11) is 0. The van der Waals surface area contributed by atoms with E-state index in [-0.39, 0.29) is 24.0 Å². The number of aliphatic imine (C=N–C) groups is 1. The summed E-state index contributed by atoms with van der Waals surface area (Å²) in [6.07, 6.45) is 5.06. The summed E-state index contributed by atoms with van der Waals surface area (Å²) in [4.78, 5) is 9.79. The zero-order chi connectivity index (χ0) is 15.6. The number of hydrogen-bond acceptors (Lipinski definition) is 3. The number of ether oxygens (including phenoxy) is 1. The fourth-order valence-electron chi connectivity index (χ4n) is 3.26. The van der Waals surface area contributed by atoms with Crippen LogP contribution < -0.4 is 5.32 Å². The molecular formula is C17H35IN4O. The van der Waals surface area contributed by atoms with Gasteiger partial charge >= 0.3 is 0 Å². The average Bonchev–Trinajstić information content (AvgIpc) is 2.54. The maximum atomic E-state index is 5.38. The number of guanidine groups is 1. The van der Waals surface area contributed by atoms with E-state index in [1.165, 1.54) is 32.2 Å². The molecule has 2 saturated heterocycles. The van der Waals surface area contributed by atoms with Gasteiger partial charge in [0, 0.05) is 39.3 Å². The highest BCUT2D eigenvalue weighted by atomic mass is 127. The van der Waals surface area contributed by atoms with E-state index in [0.717, 1.165) is 64.4 Å². The van der Waals surface area contributed by atoms with Crippen LogP contribution in [0.15, 0.2) is 4.99 Å². The summed E-state index contributed by atoms with van der Waals surface area (Å²) < 4.78 is 5.38. The van der Waals surface area contributed by atoms with E-state index in [9.17, 15) is 0 Å². The number of piperidine rings is 1. The molecule has 0 bridgehead atoms. The quantitative estimate of drug-likeness (QED) is 0.299. The second-order valence-electron chi connectivity index (χ2n) is 6.59. The fraction of sp³-hybridized carbons (Fsp3) is 0.941. The van der Waals surface area contributed by atoms with E-state index < -0.39 is 0 Å². The van der Waals surface area contributed by atoms with Gasteiger partial charge in [0.05, 0.1) is 13.2 Å². The Balaban J connectivity index is 0.00000264. The smallest absolute Gasteiger partial charge is 0.193 e. The lowest BCUT2D eigenvalue weighted by Crippen LogP contribution is -2.46. The van der Waals surface area contributed by atoms with Gasteiger partial charge in [0.1, 0.15) is 0 Å². The molecule has 0 aromatic carbocycles. The predicted octanol–water partition coefficient (Wildman–Crippen LogP) is 2.41. The van der Waals surface area contributed by atoms with Crippen molar-refractivity contribution in [2.75, 3.05) is 59.0 Å². The molecule has 2 aliphatic heterocycles. The molecule has 2 aliphatic rings. The van der Waals surface area contributed by atoms with Gasteiger partial charge in [-0.25, -0.2) is 0 Å². The van der Waals surface area contributed by atoms with Crippen LogP contribution in [0.1, 0.15) is 39.5 Å². The molecule has 1 N–H and O–H groups in total. The van der Waals surface area contributed by atoms with Crippen LogP contribution in [0.25, 0.3) is 0 Å². The third-order valence-electron chi connectivity index (χ3n) is 4.54. The van der Waals surface area contributed by atoms with Gasteiger partial charge in [-0.15, -0.1) is 24.0 Å². The molecule has 0 aliphatic carbocycles. The molecule has 0 spiro atoms. The summed E-state index contributed by atoms with van der Waals surface area (Å²) in [5.41, 5.74) is 0. The Labute approximate surface area is 159 Å². The number of hydrogen-bond donors (Lipinski definition) is 1. The number of likely N-dealkylation sites (tertiary alicyclic amines) is 1. The van der Waals surface area contributed by atoms with Crippen molar-refractivity contribution in [1.29, 1.82) is 0 Å². The molecule has 6 heteroatoms. The van der Waals surface area contributed by atoms with Crippen LogP contribution in [0, 0.1) is 5.92 Å². The lowest BCUT2D eigenvalue weighted by atomic mass is 10.0. The SMILES string of the molecule is CCNC(=NCCCCN1CCOCC1)N1CCCC(C)C1.I. The Kier molecular flexibility index (Phi) is 11.2. The minimum absolute atomic E-state index is 0. The number of morpholine rings is 1. The summed E-state index contributed by atoms with van der Waals surface area (Å²) in [5, 5.41) is 3.46. The standard InChI is InChI=1S/C17H34N4O.HI/c1-3-18-17(21-10-6-7-16(2)15-21)19-8-4-5-9-20-11-13-22-14-12-20;/h16H,3-15H2,1-2H3,(H,18,19);1H. The molecule has 2 fully saturated rings. The summed E-state index contributed by atoms with van der Waals surface area (Å²) in [6, 6.07) is 0. The minimum atomic E-state index is 0. The number of rotatable bonds is 6. The molecule has 0 amide bonds. The highest BCUT2D eigenvalue weighted by Crippen LogP contribution is 2.15. The van der Waals surface area contributed by atoms with Gasteiger partial charge in [0.25, 0.3) is 0 Å². The van der Waals surface area contributed by atoms with Crippen molar-refractivity contribution in [3.05, 3.63) is 0 Å². The molecule has 5 nitrogen and oxygen atoms in total. The number of halogens is 1. The summed E-state index contributed by atoms with van der Waals surface area (Å²) >= 11 is 0. The molecule has 23 heavy (non-hydrogen) atoms. The lowest BCUT2D eigenvalue weighted by molar-refractivity contribution is 0.0373. The van der Waals surface area contributed by atoms with Crippen LogP contribution in [0.5, 0.6) is 0 Å². The topological polar surface area (TPSA) is 40.1 Å². The Hall–Kier alpha value is -0.0800. The maximum Gasteiger partial charge on any atom is 0.193 e. The van der Waals surface area contributed by atoms with Crippen molar-refractivity contribution in [2.24, 2.45) is 10.9 Å². The van der Waals surface area contributed by atoms with Gasteiger partial charge in [-0.05, 0) is 45.1 Å². The van der Waals surface area contributed by atoms with Crippen molar-refractivity contribution < 1.29 is 4.74 Å². The lowest BCUT2D eigenvalue weighted by Gasteiger charge is -2.33. The van der Waals surface area contributed by atoms with Crippen molar-refractivity contribution >= 4 is 29.9 Å². The molecule has 1 unspecified atom stereocenters. The van der Waals surface area contributed by atoms with Crippen LogP contribution in [0.2, 0.25) is 0 Å². The number of nitrogens with one attached hydrogen (secondary N) is 1. The van der Waals surface area contributed by atoms with Crippen molar-refractivity contribution in [3.8, 4) is 0 Å². The first-order valence-corrected chi connectivity index (χ1v) is 9.13. The van der Waals surface area contributed by atoms with E-state index in [1.54, 1.807) is 0 Å². The molecule has 0 saturated carbocycles. The van der Waals surface area contributed by atoms with E-state index in [4.69, 9.17) is 9.73 Å². The average molecular weight is 438 g/mol. The van der Waals surface area contributed by atoms with Crippen LogP contribution in [0.4, 0.5) is 0 Å². The van der Waals surface area contributed by atoms with Crippen LogP contribution >= 0.6 is 24.0 Å². The normalized spacial score (nSPS) is 23.5. The zero-order valence-electron chi connectivity index (χ0n) is 14.9. The predicted molar refractivity (Wildman–Crippen MR) is 108 cm³/mol. The van der Waals surface area contributed by atoms with Gasteiger partial charge in [-0.1, -0.05) is 6.92 Å². The van der Waals surface area contributed by atoms with E-state index in [1.807, 2.05) is 0 Å². The molecule has 0 aromatic heterocycles. The molecule has 2 rings (SSSR count). The Bertz CT molecular complexity index is 335. The summed E-state index contributed by atoms with van der Waals surface area (Å²) in [5.74, 6) is 1.92. The second kappa shape index (κ2) is 12.3. The van der Waals surface area contributed by atoms with Gasteiger partial charge in [0.15, 0.2) is 5.96 Å². The summed E-state index contributed by atoms with van der Waals surface area (Å²) in [6.45, 7) is 13.9. The monoisotopic (exact) mass is 438 g/mol. The highest BCUT2D eigenvalue weighted by Gasteiger charge is 2.18. The molecule has 1 atom stereocenters. The van der Waals surface area contributed by atoms with Gasteiger partial charge in [0.2, 0.25) is 0 Å². The Morgan fingerprint density at radius 2 is 2.00 bits per heavy atom. The number of nitrogens with zero attached hydrogens (tertiary/aromatic N) is 3. The molecule has 0 aromatic rings. The first-order chi connectivity index (χ1) is 10.8. The van der Waals surface area contributed by atoms with E-state index in [2.05, 4.69) is 29.0 Å². The van der Waals surface area contributed by atoms with Gasteiger partial charge in [-0.3, -0.25) is 9.89 Å². The Morgan fingerprint density at radius 1 is 1.22 bits per heavy atom. The van der Waals surface area contributed by atoms with Crippen LogP contribution in [-0.4, -0.2) is 74.8 Å². The molecule has 136 valence electrons. The zero-order valence-corrected chi connectivity index (χ0v) is 17.3. The van der Waals surface area contributed by atoms with Gasteiger partial charge < -0.3 is 15.0 Å². The fourth-order valence-corrected chi connectivity index (χ4v) is 3.26. The largest absolute Gasteiger partial charge is 0.379 e. The third kappa shape index (κ3) is 8.03. The minimum Gasteiger partial charge on any atom is -0.379 e. The maximum absolute atomic E-state index is 5.38. The van der Waals surface area contributed by atoms with Crippen molar-refractivity contribution in [3.63, 3.8) is 0 Å². The van der Waals surface area contributed by atoms with Crippen molar-refractivity contribution in [1.82, 2.24) is 15.1 Å². The van der Waals surface area contributed by atoms with Crippen LogP contribution in [-0.2, 0) is 4.74 Å². The second-order valence-corrected chi connectivity index (χ2v) is 6.59. The third-order valence-corrected chi connectivity index (χ3v) is 4.54. The first kappa shape index (κ1) is 21.0. The molecule has 0 radical (unpaired) electrons. The molecule has 2 heterocycles.